The van der Waals surface area contributed by atoms with Crippen LogP contribution in [0.5, 0.6) is 5.75 Å². The quantitative estimate of drug-likeness (QED) is 0.659. The summed E-state index contributed by atoms with van der Waals surface area (Å²) in [5.74, 6) is -0.274. The molecule has 0 bridgehead atoms. The summed E-state index contributed by atoms with van der Waals surface area (Å²) >= 11 is 0. The number of hydrogen-bond donors (Lipinski definition) is 2. The van der Waals surface area contributed by atoms with Crippen molar-refractivity contribution in [2.24, 2.45) is 0 Å². The number of hydrogen-bond acceptors (Lipinski definition) is 7. The van der Waals surface area contributed by atoms with Crippen molar-refractivity contribution in [2.45, 2.75) is 32.6 Å². The normalized spacial score (nSPS) is 13.3. The standard InChI is InChI=1S/C17H18N4O5/c1-10(16-18-15(9-25-16)17(23)24)21-7-14(19-20-21)11(2)26-13-5-3-12(8-22)4-6-13/h3-7,9-11,22H,8H2,1-2H3,(H,23,24). The Balaban J connectivity index is 1.70. The lowest BCUT2D eigenvalue weighted by molar-refractivity contribution is 0.0690. The Labute approximate surface area is 148 Å². The molecule has 0 radical (unpaired) electrons. The minimum Gasteiger partial charge on any atom is -0.484 e. The first-order chi connectivity index (χ1) is 12.5. The third kappa shape index (κ3) is 3.72. The first-order valence-corrected chi connectivity index (χ1v) is 7.95. The zero-order chi connectivity index (χ0) is 18.7. The van der Waals surface area contributed by atoms with Crippen LogP contribution in [0.3, 0.4) is 0 Å². The van der Waals surface area contributed by atoms with Gasteiger partial charge in [0.2, 0.25) is 5.89 Å². The van der Waals surface area contributed by atoms with Gasteiger partial charge in [0.25, 0.3) is 0 Å². The summed E-state index contributed by atoms with van der Waals surface area (Å²) in [6.07, 6.45) is 2.44. The number of oxazole rings is 1. The van der Waals surface area contributed by atoms with Crippen molar-refractivity contribution in [3.05, 3.63) is 59.6 Å². The fourth-order valence-electron chi connectivity index (χ4n) is 2.29. The Kier molecular flexibility index (Phi) is 4.99. The predicted molar refractivity (Wildman–Crippen MR) is 88.7 cm³/mol. The monoisotopic (exact) mass is 358 g/mol. The number of carboxylic acids is 1. The second kappa shape index (κ2) is 7.36. The highest BCUT2D eigenvalue weighted by Gasteiger charge is 2.20. The van der Waals surface area contributed by atoms with E-state index in [1.54, 1.807) is 37.4 Å². The molecule has 9 nitrogen and oxygen atoms in total. The molecule has 2 atom stereocenters. The smallest absolute Gasteiger partial charge is 0.357 e. The number of carbonyl (C=O) groups is 1. The number of aliphatic hydroxyl groups is 1. The van der Waals surface area contributed by atoms with Gasteiger partial charge in [0, 0.05) is 0 Å². The molecule has 0 spiro atoms. The fourth-order valence-corrected chi connectivity index (χ4v) is 2.29. The Morgan fingerprint density at radius 1 is 1.31 bits per heavy atom. The van der Waals surface area contributed by atoms with Gasteiger partial charge >= 0.3 is 5.97 Å². The molecule has 0 aliphatic carbocycles. The van der Waals surface area contributed by atoms with Crippen LogP contribution in [0.2, 0.25) is 0 Å². The summed E-state index contributed by atoms with van der Waals surface area (Å²) < 4.78 is 12.5. The van der Waals surface area contributed by atoms with Gasteiger partial charge in [-0.25, -0.2) is 14.5 Å². The van der Waals surface area contributed by atoms with Crippen LogP contribution < -0.4 is 4.74 Å². The number of rotatable bonds is 7. The SMILES string of the molecule is CC(Oc1ccc(CO)cc1)c1cn(C(C)c2nc(C(=O)O)co2)nn1. The average Bonchev–Trinajstić information content (AvgIpc) is 3.31. The van der Waals surface area contributed by atoms with E-state index in [-0.39, 0.29) is 24.3 Å². The van der Waals surface area contributed by atoms with Crippen LogP contribution in [-0.2, 0) is 6.61 Å². The number of aromatic nitrogens is 4. The van der Waals surface area contributed by atoms with Gasteiger partial charge in [-0.2, -0.15) is 0 Å². The lowest BCUT2D eigenvalue weighted by Gasteiger charge is -2.12. The molecule has 3 rings (SSSR count). The molecule has 136 valence electrons. The molecule has 1 aromatic carbocycles. The number of nitrogens with zero attached hydrogens (tertiary/aromatic N) is 4. The summed E-state index contributed by atoms with van der Waals surface area (Å²) in [5, 5.41) is 26.1. The Morgan fingerprint density at radius 3 is 2.65 bits per heavy atom. The molecule has 26 heavy (non-hydrogen) atoms. The van der Waals surface area contributed by atoms with E-state index in [1.165, 1.54) is 4.68 Å². The van der Waals surface area contributed by atoms with E-state index in [0.29, 0.717) is 11.4 Å². The molecular formula is C17H18N4O5. The minimum absolute atomic E-state index is 0.0214. The van der Waals surface area contributed by atoms with E-state index >= 15 is 0 Å². The van der Waals surface area contributed by atoms with E-state index in [4.69, 9.17) is 19.4 Å². The van der Waals surface area contributed by atoms with Crippen LogP contribution in [-0.4, -0.2) is 36.2 Å². The number of ether oxygens (including phenoxy) is 1. The molecular weight excluding hydrogens is 340 g/mol. The highest BCUT2D eigenvalue weighted by Crippen LogP contribution is 2.22. The zero-order valence-electron chi connectivity index (χ0n) is 14.2. The van der Waals surface area contributed by atoms with Gasteiger partial charge in [-0.3, -0.25) is 0 Å². The van der Waals surface area contributed by atoms with E-state index in [2.05, 4.69) is 15.3 Å². The summed E-state index contributed by atoms with van der Waals surface area (Å²) in [6.45, 7) is 3.59. The Bertz CT molecular complexity index is 887. The van der Waals surface area contributed by atoms with Crippen LogP contribution in [0.4, 0.5) is 0 Å². The molecule has 0 saturated carbocycles. The van der Waals surface area contributed by atoms with Gasteiger partial charge in [0.05, 0.1) is 12.8 Å². The third-order valence-corrected chi connectivity index (χ3v) is 3.86. The summed E-state index contributed by atoms with van der Waals surface area (Å²) in [7, 11) is 0. The molecule has 2 unspecified atom stereocenters. The van der Waals surface area contributed by atoms with Crippen molar-refractivity contribution in [1.29, 1.82) is 0 Å². The van der Waals surface area contributed by atoms with Crippen LogP contribution in [0.25, 0.3) is 0 Å². The molecule has 9 heteroatoms. The summed E-state index contributed by atoms with van der Waals surface area (Å²) in [5.41, 5.74) is 1.25. The van der Waals surface area contributed by atoms with Crippen molar-refractivity contribution in [1.82, 2.24) is 20.0 Å². The zero-order valence-corrected chi connectivity index (χ0v) is 14.2. The molecule has 2 heterocycles. The van der Waals surface area contributed by atoms with Crippen LogP contribution in [0, 0.1) is 0 Å². The van der Waals surface area contributed by atoms with E-state index in [1.807, 2.05) is 6.92 Å². The van der Waals surface area contributed by atoms with Crippen molar-refractivity contribution in [3.63, 3.8) is 0 Å². The molecule has 2 N–H and O–H groups in total. The number of benzene rings is 1. The van der Waals surface area contributed by atoms with Gasteiger partial charge in [-0.05, 0) is 31.5 Å². The second-order valence-electron chi connectivity index (χ2n) is 5.74. The molecule has 0 aliphatic heterocycles. The van der Waals surface area contributed by atoms with Crippen LogP contribution >= 0.6 is 0 Å². The molecule has 0 amide bonds. The number of aromatic carboxylic acids is 1. The second-order valence-corrected chi connectivity index (χ2v) is 5.74. The Hall–Kier alpha value is -3.20. The third-order valence-electron chi connectivity index (χ3n) is 3.86. The van der Waals surface area contributed by atoms with Crippen molar-refractivity contribution in [2.75, 3.05) is 0 Å². The van der Waals surface area contributed by atoms with Gasteiger partial charge in [0.15, 0.2) is 5.69 Å². The Morgan fingerprint density at radius 2 is 2.04 bits per heavy atom. The topological polar surface area (TPSA) is 124 Å². The van der Waals surface area contributed by atoms with Gasteiger partial charge in [-0.15, -0.1) is 5.10 Å². The lowest BCUT2D eigenvalue weighted by Crippen LogP contribution is -2.09. The maximum atomic E-state index is 10.9. The van der Waals surface area contributed by atoms with Crippen molar-refractivity contribution in [3.8, 4) is 5.75 Å². The van der Waals surface area contributed by atoms with E-state index in [0.717, 1.165) is 11.8 Å². The first-order valence-electron chi connectivity index (χ1n) is 7.95. The van der Waals surface area contributed by atoms with Crippen LogP contribution in [0.15, 0.2) is 41.1 Å². The molecule has 2 aromatic heterocycles. The van der Waals surface area contributed by atoms with Gasteiger partial charge in [0.1, 0.15) is 29.9 Å². The van der Waals surface area contributed by atoms with Crippen LogP contribution in [0.1, 0.15) is 53.6 Å². The van der Waals surface area contributed by atoms with E-state index in [9.17, 15) is 4.79 Å². The number of aliphatic hydroxyl groups excluding tert-OH is 1. The summed E-state index contributed by atoms with van der Waals surface area (Å²) in [6, 6.07) is 6.69. The van der Waals surface area contributed by atoms with Crippen molar-refractivity contribution < 1.29 is 24.2 Å². The molecule has 0 saturated heterocycles. The fraction of sp³-hybridized carbons (Fsp3) is 0.294. The largest absolute Gasteiger partial charge is 0.484 e. The molecule has 0 aliphatic rings. The molecule has 3 aromatic rings. The first kappa shape index (κ1) is 17.6. The predicted octanol–water partition coefficient (Wildman–Crippen LogP) is 2.21. The summed E-state index contributed by atoms with van der Waals surface area (Å²) in [4.78, 5) is 14.8. The highest BCUT2D eigenvalue weighted by atomic mass is 16.5. The van der Waals surface area contributed by atoms with Gasteiger partial charge < -0.3 is 19.4 Å². The van der Waals surface area contributed by atoms with Crippen molar-refractivity contribution >= 4 is 5.97 Å². The maximum Gasteiger partial charge on any atom is 0.357 e. The molecule has 0 fully saturated rings. The maximum absolute atomic E-state index is 10.9. The van der Waals surface area contributed by atoms with Gasteiger partial charge in [-0.1, -0.05) is 17.3 Å². The lowest BCUT2D eigenvalue weighted by atomic mass is 10.2. The average molecular weight is 358 g/mol. The van der Waals surface area contributed by atoms with E-state index < -0.39 is 12.0 Å². The number of carboxylic acid groups (broad SMARTS) is 1. The minimum atomic E-state index is -1.15. The highest BCUT2D eigenvalue weighted by molar-refractivity contribution is 5.84.